The van der Waals surface area contributed by atoms with E-state index in [9.17, 15) is 9.59 Å². The van der Waals surface area contributed by atoms with Crippen molar-refractivity contribution in [3.05, 3.63) is 54.6 Å². The minimum atomic E-state index is -0.282. The molecule has 2 N–H and O–H groups in total. The second kappa shape index (κ2) is 7.70. The van der Waals surface area contributed by atoms with Crippen molar-refractivity contribution in [3.63, 3.8) is 0 Å². The van der Waals surface area contributed by atoms with Gasteiger partial charge in [0.1, 0.15) is 5.75 Å². The van der Waals surface area contributed by atoms with E-state index in [2.05, 4.69) is 10.6 Å². The zero-order chi connectivity index (χ0) is 17.6. The number of nitrogens with zero attached hydrogens (tertiary/aromatic N) is 1. The average molecular weight is 339 g/mol. The summed E-state index contributed by atoms with van der Waals surface area (Å²) < 4.78 is 5.08. The summed E-state index contributed by atoms with van der Waals surface area (Å²) in [4.78, 5) is 25.9. The average Bonchev–Trinajstić information content (AvgIpc) is 3.02. The highest BCUT2D eigenvalue weighted by Crippen LogP contribution is 2.24. The van der Waals surface area contributed by atoms with Crippen LogP contribution >= 0.6 is 0 Å². The summed E-state index contributed by atoms with van der Waals surface area (Å²) in [6.07, 6.45) is 0.442. The van der Waals surface area contributed by atoms with Crippen LogP contribution < -0.4 is 20.3 Å². The predicted octanol–water partition coefficient (Wildman–Crippen LogP) is 2.87. The number of urea groups is 1. The van der Waals surface area contributed by atoms with Gasteiger partial charge in [-0.15, -0.1) is 0 Å². The predicted molar refractivity (Wildman–Crippen MR) is 96.9 cm³/mol. The summed E-state index contributed by atoms with van der Waals surface area (Å²) in [6, 6.07) is 16.4. The van der Waals surface area contributed by atoms with Crippen molar-refractivity contribution >= 4 is 23.3 Å². The lowest BCUT2D eigenvalue weighted by Gasteiger charge is -2.17. The Labute approximate surface area is 146 Å². The first-order chi connectivity index (χ1) is 12.2. The Balaban J connectivity index is 1.48. The molecular weight excluding hydrogens is 318 g/mol. The summed E-state index contributed by atoms with van der Waals surface area (Å²) in [5.41, 5.74) is 1.59. The zero-order valence-electron chi connectivity index (χ0n) is 14.1. The maximum absolute atomic E-state index is 12.2. The Bertz CT molecular complexity index is 731. The van der Waals surface area contributed by atoms with Crippen LogP contribution in [0.4, 0.5) is 16.2 Å². The standard InChI is InChI=1S/C19H21N3O3/c1-25-17-9-7-15(8-10-17)21-19(24)20-12-14-11-18(23)22(13-14)16-5-3-2-4-6-16/h2-10,14H,11-13H2,1H3,(H2,20,21,24). The minimum Gasteiger partial charge on any atom is -0.497 e. The van der Waals surface area contributed by atoms with Crippen LogP contribution in [0.3, 0.4) is 0 Å². The molecule has 0 aromatic heterocycles. The van der Waals surface area contributed by atoms with E-state index in [1.165, 1.54) is 0 Å². The molecule has 1 heterocycles. The van der Waals surface area contributed by atoms with Gasteiger partial charge in [0.05, 0.1) is 7.11 Å². The first-order valence-corrected chi connectivity index (χ1v) is 8.20. The molecule has 0 aliphatic carbocycles. The number of benzene rings is 2. The highest BCUT2D eigenvalue weighted by molar-refractivity contribution is 5.96. The Kier molecular flexibility index (Phi) is 5.18. The molecule has 6 nitrogen and oxygen atoms in total. The van der Waals surface area contributed by atoms with Crippen LogP contribution in [-0.4, -0.2) is 32.1 Å². The number of anilines is 2. The lowest BCUT2D eigenvalue weighted by molar-refractivity contribution is -0.117. The molecule has 3 amide bonds. The molecule has 2 aromatic rings. The SMILES string of the molecule is COc1ccc(NC(=O)NCC2CC(=O)N(c3ccccc3)C2)cc1. The number of amides is 3. The lowest BCUT2D eigenvalue weighted by atomic mass is 10.1. The molecule has 0 radical (unpaired) electrons. The van der Waals surface area contributed by atoms with Crippen molar-refractivity contribution < 1.29 is 14.3 Å². The molecular formula is C19H21N3O3. The van der Waals surface area contributed by atoms with E-state index in [0.29, 0.717) is 25.2 Å². The number of methoxy groups -OCH3 is 1. The number of carbonyl (C=O) groups is 2. The van der Waals surface area contributed by atoms with Crippen molar-refractivity contribution in [1.29, 1.82) is 0 Å². The van der Waals surface area contributed by atoms with Gasteiger partial charge in [-0.25, -0.2) is 4.79 Å². The number of para-hydroxylation sites is 1. The minimum absolute atomic E-state index is 0.0913. The van der Waals surface area contributed by atoms with E-state index >= 15 is 0 Å². The summed E-state index contributed by atoms with van der Waals surface area (Å²) in [6.45, 7) is 1.07. The quantitative estimate of drug-likeness (QED) is 0.880. The van der Waals surface area contributed by atoms with Crippen molar-refractivity contribution in [3.8, 4) is 5.75 Å². The third-order valence-electron chi connectivity index (χ3n) is 4.17. The molecule has 1 fully saturated rings. The third-order valence-corrected chi connectivity index (χ3v) is 4.17. The summed E-state index contributed by atoms with van der Waals surface area (Å²) in [5, 5.41) is 5.60. The Morgan fingerprint density at radius 1 is 1.16 bits per heavy atom. The normalized spacial score (nSPS) is 16.6. The smallest absolute Gasteiger partial charge is 0.319 e. The lowest BCUT2D eigenvalue weighted by Crippen LogP contribution is -2.34. The van der Waals surface area contributed by atoms with Gasteiger partial charge in [0.25, 0.3) is 0 Å². The van der Waals surface area contributed by atoms with Gasteiger partial charge in [-0.05, 0) is 36.4 Å². The van der Waals surface area contributed by atoms with Gasteiger partial charge >= 0.3 is 6.03 Å². The second-order valence-electron chi connectivity index (χ2n) is 5.97. The largest absolute Gasteiger partial charge is 0.497 e. The molecule has 1 aliphatic rings. The number of hydrogen-bond donors (Lipinski definition) is 2. The first kappa shape index (κ1) is 16.8. The Morgan fingerprint density at radius 3 is 2.56 bits per heavy atom. The number of hydrogen-bond acceptors (Lipinski definition) is 3. The third kappa shape index (κ3) is 4.29. The zero-order valence-corrected chi connectivity index (χ0v) is 14.1. The van der Waals surface area contributed by atoms with Gasteiger partial charge in [-0.1, -0.05) is 18.2 Å². The Hall–Kier alpha value is -3.02. The fourth-order valence-electron chi connectivity index (χ4n) is 2.86. The molecule has 1 aliphatic heterocycles. The van der Waals surface area contributed by atoms with Crippen LogP contribution in [0.5, 0.6) is 5.75 Å². The monoisotopic (exact) mass is 339 g/mol. The number of ether oxygens (including phenoxy) is 1. The molecule has 0 bridgehead atoms. The molecule has 130 valence electrons. The van der Waals surface area contributed by atoms with Crippen molar-refractivity contribution in [2.75, 3.05) is 30.4 Å². The van der Waals surface area contributed by atoms with E-state index in [0.717, 1.165) is 11.4 Å². The van der Waals surface area contributed by atoms with Crippen LogP contribution in [0.1, 0.15) is 6.42 Å². The van der Waals surface area contributed by atoms with E-state index in [1.54, 1.807) is 36.3 Å². The topological polar surface area (TPSA) is 70.7 Å². The van der Waals surface area contributed by atoms with Crippen molar-refractivity contribution in [1.82, 2.24) is 5.32 Å². The van der Waals surface area contributed by atoms with Gasteiger partial charge in [-0.2, -0.15) is 0 Å². The molecule has 2 aromatic carbocycles. The van der Waals surface area contributed by atoms with Crippen molar-refractivity contribution in [2.24, 2.45) is 5.92 Å². The number of carbonyl (C=O) groups excluding carboxylic acids is 2. The van der Waals surface area contributed by atoms with Crippen LogP contribution in [0.25, 0.3) is 0 Å². The summed E-state index contributed by atoms with van der Waals surface area (Å²) >= 11 is 0. The molecule has 1 saturated heterocycles. The van der Waals surface area contributed by atoms with E-state index in [1.807, 2.05) is 30.3 Å². The molecule has 1 unspecified atom stereocenters. The molecule has 6 heteroatoms. The van der Waals surface area contributed by atoms with Gasteiger partial charge in [0.15, 0.2) is 0 Å². The fraction of sp³-hybridized carbons (Fsp3) is 0.263. The van der Waals surface area contributed by atoms with Gasteiger partial charge in [0.2, 0.25) is 5.91 Å². The molecule has 1 atom stereocenters. The van der Waals surface area contributed by atoms with E-state index in [4.69, 9.17) is 4.74 Å². The number of rotatable bonds is 5. The maximum Gasteiger partial charge on any atom is 0.319 e. The fourth-order valence-corrected chi connectivity index (χ4v) is 2.86. The Morgan fingerprint density at radius 2 is 1.88 bits per heavy atom. The molecule has 0 saturated carbocycles. The van der Waals surface area contributed by atoms with Gasteiger partial charge < -0.3 is 20.3 Å². The maximum atomic E-state index is 12.2. The first-order valence-electron chi connectivity index (χ1n) is 8.20. The van der Waals surface area contributed by atoms with E-state index in [-0.39, 0.29) is 17.9 Å². The number of nitrogens with one attached hydrogen (secondary N) is 2. The van der Waals surface area contributed by atoms with Crippen LogP contribution in [0, 0.1) is 5.92 Å². The van der Waals surface area contributed by atoms with Gasteiger partial charge in [0, 0.05) is 36.8 Å². The van der Waals surface area contributed by atoms with Gasteiger partial charge in [-0.3, -0.25) is 4.79 Å². The van der Waals surface area contributed by atoms with Crippen LogP contribution in [0.15, 0.2) is 54.6 Å². The molecule has 0 spiro atoms. The van der Waals surface area contributed by atoms with Crippen LogP contribution in [0.2, 0.25) is 0 Å². The summed E-state index contributed by atoms with van der Waals surface area (Å²) in [7, 11) is 1.59. The van der Waals surface area contributed by atoms with Crippen molar-refractivity contribution in [2.45, 2.75) is 6.42 Å². The van der Waals surface area contributed by atoms with E-state index < -0.39 is 0 Å². The van der Waals surface area contributed by atoms with Crippen LogP contribution in [-0.2, 0) is 4.79 Å². The highest BCUT2D eigenvalue weighted by atomic mass is 16.5. The molecule has 25 heavy (non-hydrogen) atoms. The highest BCUT2D eigenvalue weighted by Gasteiger charge is 2.30. The molecule has 3 rings (SSSR count). The summed E-state index contributed by atoms with van der Waals surface area (Å²) in [5.74, 6) is 0.930. The second-order valence-corrected chi connectivity index (χ2v) is 5.97.